The second-order valence-corrected chi connectivity index (χ2v) is 4.32. The van der Waals surface area contributed by atoms with Gasteiger partial charge in [-0.15, -0.1) is 0 Å². The maximum Gasteiger partial charge on any atom is 0.260 e. The van der Waals surface area contributed by atoms with E-state index in [4.69, 9.17) is 16.7 Å². The first-order chi connectivity index (χ1) is 9.11. The largest absolute Gasteiger partial charge is 0.392 e. The fraction of sp³-hybridized carbons (Fsp3) is 0.0714. The lowest BCUT2D eigenvalue weighted by Crippen LogP contribution is -2.14. The third-order valence-electron chi connectivity index (χ3n) is 2.56. The summed E-state index contributed by atoms with van der Waals surface area (Å²) in [5.74, 6) is -1.30. The molecule has 0 spiro atoms. The van der Waals surface area contributed by atoms with Gasteiger partial charge in [0.2, 0.25) is 0 Å². The summed E-state index contributed by atoms with van der Waals surface area (Å²) < 4.78 is 13.6. The van der Waals surface area contributed by atoms with Crippen LogP contribution in [0.15, 0.2) is 42.5 Å². The fourth-order valence-corrected chi connectivity index (χ4v) is 1.90. The number of aliphatic hydroxyl groups excluding tert-OH is 1. The number of benzene rings is 2. The molecule has 3 nitrogen and oxygen atoms in total. The molecule has 0 aliphatic rings. The average Bonchev–Trinajstić information content (AvgIpc) is 2.38. The van der Waals surface area contributed by atoms with Gasteiger partial charge in [-0.25, -0.2) is 4.39 Å². The molecule has 0 aromatic heterocycles. The summed E-state index contributed by atoms with van der Waals surface area (Å²) in [7, 11) is 0. The van der Waals surface area contributed by atoms with Gasteiger partial charge in [-0.1, -0.05) is 29.8 Å². The van der Waals surface area contributed by atoms with Gasteiger partial charge in [-0.05, 0) is 29.8 Å². The highest BCUT2D eigenvalue weighted by Crippen LogP contribution is 2.20. The molecule has 98 valence electrons. The molecule has 0 aliphatic heterocycles. The number of halogens is 2. The number of nitrogens with one attached hydrogen (secondary N) is 1. The standard InChI is InChI=1S/C14H11ClFNO2/c15-11-5-2-6-12(16)13(11)14(19)17-10-4-1-3-9(7-10)8-18/h1-7,18H,8H2,(H,17,19). The highest BCUT2D eigenvalue weighted by Gasteiger charge is 2.15. The Balaban J connectivity index is 2.26. The first-order valence-corrected chi connectivity index (χ1v) is 5.95. The topological polar surface area (TPSA) is 49.3 Å². The number of carbonyl (C=O) groups is 1. The number of amides is 1. The maximum absolute atomic E-state index is 13.6. The number of anilines is 1. The molecule has 0 bridgehead atoms. The van der Waals surface area contributed by atoms with Crippen LogP contribution >= 0.6 is 11.6 Å². The molecule has 1 amide bonds. The summed E-state index contributed by atoms with van der Waals surface area (Å²) in [6, 6.07) is 10.7. The van der Waals surface area contributed by atoms with Gasteiger partial charge in [0.05, 0.1) is 17.2 Å². The second-order valence-electron chi connectivity index (χ2n) is 3.91. The molecule has 0 fully saturated rings. The van der Waals surface area contributed by atoms with Crippen LogP contribution in [-0.2, 0) is 6.61 Å². The van der Waals surface area contributed by atoms with Crippen molar-refractivity contribution in [2.24, 2.45) is 0 Å². The molecule has 0 unspecified atom stereocenters. The Bertz CT molecular complexity index is 596. The minimum atomic E-state index is -0.677. The molecule has 0 saturated carbocycles. The Labute approximate surface area is 114 Å². The Kier molecular flexibility index (Phi) is 4.14. The van der Waals surface area contributed by atoms with Gasteiger partial charge in [0.15, 0.2) is 0 Å². The Morgan fingerprint density at radius 3 is 2.68 bits per heavy atom. The molecule has 0 radical (unpaired) electrons. The van der Waals surface area contributed by atoms with E-state index in [1.165, 1.54) is 18.2 Å². The molecule has 2 aromatic carbocycles. The zero-order valence-electron chi connectivity index (χ0n) is 9.86. The monoisotopic (exact) mass is 279 g/mol. The van der Waals surface area contributed by atoms with Crippen LogP contribution in [0.2, 0.25) is 5.02 Å². The molecule has 2 N–H and O–H groups in total. The van der Waals surface area contributed by atoms with E-state index in [1.54, 1.807) is 24.3 Å². The lowest BCUT2D eigenvalue weighted by atomic mass is 10.1. The van der Waals surface area contributed by atoms with Gasteiger partial charge in [0.1, 0.15) is 5.82 Å². The third-order valence-corrected chi connectivity index (χ3v) is 2.87. The summed E-state index contributed by atoms with van der Waals surface area (Å²) in [6.45, 7) is -0.135. The SMILES string of the molecule is O=C(Nc1cccc(CO)c1)c1c(F)cccc1Cl. The van der Waals surface area contributed by atoms with E-state index >= 15 is 0 Å². The van der Waals surface area contributed by atoms with Crippen molar-refractivity contribution in [3.63, 3.8) is 0 Å². The van der Waals surface area contributed by atoms with Crippen LogP contribution in [0.25, 0.3) is 0 Å². The lowest BCUT2D eigenvalue weighted by molar-refractivity contribution is 0.102. The van der Waals surface area contributed by atoms with Crippen molar-refractivity contribution in [2.45, 2.75) is 6.61 Å². The van der Waals surface area contributed by atoms with Crippen molar-refractivity contribution in [1.82, 2.24) is 0 Å². The second kappa shape index (κ2) is 5.82. The predicted octanol–water partition coefficient (Wildman–Crippen LogP) is 3.22. The van der Waals surface area contributed by atoms with Gasteiger partial charge in [0, 0.05) is 5.69 Å². The number of aliphatic hydroxyl groups is 1. The normalized spacial score (nSPS) is 10.3. The Morgan fingerprint density at radius 2 is 2.00 bits per heavy atom. The molecule has 2 aromatic rings. The Hall–Kier alpha value is -1.91. The van der Waals surface area contributed by atoms with E-state index in [9.17, 15) is 9.18 Å². The highest BCUT2D eigenvalue weighted by molar-refractivity contribution is 6.34. The molecular formula is C14H11ClFNO2. The first kappa shape index (κ1) is 13.5. The smallest absolute Gasteiger partial charge is 0.260 e. The van der Waals surface area contributed by atoms with Gasteiger partial charge < -0.3 is 10.4 Å². The zero-order valence-corrected chi connectivity index (χ0v) is 10.6. The van der Waals surface area contributed by atoms with E-state index in [0.717, 1.165) is 0 Å². The lowest BCUT2D eigenvalue weighted by Gasteiger charge is -2.08. The molecule has 0 aliphatic carbocycles. The van der Waals surface area contributed by atoms with E-state index in [1.807, 2.05) is 0 Å². The zero-order chi connectivity index (χ0) is 13.8. The summed E-state index contributed by atoms with van der Waals surface area (Å²) in [6.07, 6.45) is 0. The van der Waals surface area contributed by atoms with Gasteiger partial charge in [-0.3, -0.25) is 4.79 Å². The number of hydrogen-bond donors (Lipinski definition) is 2. The summed E-state index contributed by atoms with van der Waals surface area (Å²) >= 11 is 5.81. The number of hydrogen-bond acceptors (Lipinski definition) is 2. The third kappa shape index (κ3) is 3.10. The van der Waals surface area contributed by atoms with Gasteiger partial charge >= 0.3 is 0 Å². The van der Waals surface area contributed by atoms with Crippen molar-refractivity contribution in [3.05, 3.63) is 64.4 Å². The van der Waals surface area contributed by atoms with Crippen molar-refractivity contribution >= 4 is 23.2 Å². The van der Waals surface area contributed by atoms with Gasteiger partial charge in [0.25, 0.3) is 5.91 Å². The quantitative estimate of drug-likeness (QED) is 0.906. The van der Waals surface area contributed by atoms with E-state index in [2.05, 4.69) is 5.32 Å². The highest BCUT2D eigenvalue weighted by atomic mass is 35.5. The molecule has 2 rings (SSSR count). The van der Waals surface area contributed by atoms with Gasteiger partial charge in [-0.2, -0.15) is 0 Å². The fourth-order valence-electron chi connectivity index (χ4n) is 1.66. The van der Waals surface area contributed by atoms with Crippen LogP contribution in [0.3, 0.4) is 0 Å². The summed E-state index contributed by atoms with van der Waals surface area (Å²) in [5.41, 5.74) is 0.923. The van der Waals surface area contributed by atoms with Crippen LogP contribution in [0.5, 0.6) is 0 Å². The van der Waals surface area contributed by atoms with Crippen LogP contribution in [-0.4, -0.2) is 11.0 Å². The average molecular weight is 280 g/mol. The van der Waals surface area contributed by atoms with Crippen molar-refractivity contribution < 1.29 is 14.3 Å². The first-order valence-electron chi connectivity index (χ1n) is 5.57. The minimum Gasteiger partial charge on any atom is -0.392 e. The van der Waals surface area contributed by atoms with Crippen LogP contribution < -0.4 is 5.32 Å². The molecule has 0 saturated heterocycles. The molecule has 19 heavy (non-hydrogen) atoms. The molecular weight excluding hydrogens is 269 g/mol. The minimum absolute atomic E-state index is 0.0517. The number of rotatable bonds is 3. The summed E-state index contributed by atoms with van der Waals surface area (Å²) in [5, 5.41) is 11.6. The Morgan fingerprint density at radius 1 is 1.26 bits per heavy atom. The van der Waals surface area contributed by atoms with Crippen LogP contribution in [0.4, 0.5) is 10.1 Å². The number of carbonyl (C=O) groups excluding carboxylic acids is 1. The van der Waals surface area contributed by atoms with Crippen molar-refractivity contribution in [2.75, 3.05) is 5.32 Å². The van der Waals surface area contributed by atoms with Crippen molar-refractivity contribution in [3.8, 4) is 0 Å². The molecule has 5 heteroatoms. The molecule has 0 heterocycles. The van der Waals surface area contributed by atoms with Crippen molar-refractivity contribution in [1.29, 1.82) is 0 Å². The van der Waals surface area contributed by atoms with Crippen LogP contribution in [0.1, 0.15) is 15.9 Å². The van der Waals surface area contributed by atoms with E-state index < -0.39 is 11.7 Å². The maximum atomic E-state index is 13.6. The van der Waals surface area contributed by atoms with E-state index in [0.29, 0.717) is 11.3 Å². The van der Waals surface area contributed by atoms with Crippen LogP contribution in [0, 0.1) is 5.82 Å². The summed E-state index contributed by atoms with van der Waals surface area (Å²) in [4.78, 5) is 12.0. The molecule has 0 atom stereocenters. The predicted molar refractivity (Wildman–Crippen MR) is 71.7 cm³/mol. The van der Waals surface area contributed by atoms with E-state index in [-0.39, 0.29) is 17.2 Å².